The number of nitrogens with zero attached hydrogens (tertiary/aromatic N) is 2. The second kappa shape index (κ2) is 7.22. The summed E-state index contributed by atoms with van der Waals surface area (Å²) < 4.78 is 0. The Balaban J connectivity index is 2.80. The molecule has 0 aliphatic carbocycles. The molecule has 1 aromatic rings. The average Bonchev–Trinajstić information content (AvgIpc) is 2.42. The summed E-state index contributed by atoms with van der Waals surface area (Å²) >= 11 is 0. The zero-order chi connectivity index (χ0) is 14.3. The quantitative estimate of drug-likeness (QED) is 0.651. The van der Waals surface area contributed by atoms with Crippen molar-refractivity contribution >= 4 is 11.6 Å². The maximum atomic E-state index is 12.0. The van der Waals surface area contributed by atoms with Crippen molar-refractivity contribution in [3.8, 4) is 6.07 Å². The summed E-state index contributed by atoms with van der Waals surface area (Å²) in [6, 6.07) is 9.40. The minimum absolute atomic E-state index is 0.115. The highest BCUT2D eigenvalue weighted by Gasteiger charge is 2.10. The van der Waals surface area contributed by atoms with E-state index in [0.717, 1.165) is 18.7 Å². The molecule has 0 atom stereocenters. The normalized spacial score (nSPS) is 10.7. The molecule has 0 fully saturated rings. The minimum Gasteiger partial charge on any atom is -0.377 e. The number of carbonyl (C=O) groups excluding carboxylic acids is 1. The Morgan fingerprint density at radius 3 is 2.37 bits per heavy atom. The van der Waals surface area contributed by atoms with Crippen molar-refractivity contribution in [1.29, 1.82) is 5.26 Å². The van der Waals surface area contributed by atoms with Gasteiger partial charge in [0.2, 0.25) is 0 Å². The molecular weight excluding hydrogens is 238 g/mol. The van der Waals surface area contributed by atoms with E-state index in [-0.39, 0.29) is 11.5 Å². The van der Waals surface area contributed by atoms with Crippen LogP contribution in [0.25, 0.3) is 0 Å². The molecule has 1 N–H and O–H groups in total. The predicted molar refractivity (Wildman–Crippen MR) is 76.4 cm³/mol. The smallest absolute Gasteiger partial charge is 0.267 e. The molecule has 0 unspecified atom stereocenters. The van der Waals surface area contributed by atoms with Crippen LogP contribution < -0.4 is 5.32 Å². The molecule has 4 heteroatoms. The molecule has 0 aromatic heterocycles. The standard InChI is InChI=1S/C15H19N3O/c1-4-18(5-2)11-13(10-16)15(19)17-14-8-6-12(3)7-9-14/h6-9,11H,4-5H2,1-3H3,(H,17,19)/b13-11-. The lowest BCUT2D eigenvalue weighted by Gasteiger charge is -2.15. The van der Waals surface area contributed by atoms with Gasteiger partial charge in [0, 0.05) is 25.0 Å². The maximum absolute atomic E-state index is 12.0. The first-order chi connectivity index (χ1) is 9.10. The Bertz CT molecular complexity index is 493. The molecule has 0 spiro atoms. The molecule has 1 rings (SSSR count). The Morgan fingerprint density at radius 2 is 1.89 bits per heavy atom. The van der Waals surface area contributed by atoms with E-state index in [2.05, 4.69) is 5.32 Å². The van der Waals surface area contributed by atoms with E-state index in [9.17, 15) is 4.79 Å². The highest BCUT2D eigenvalue weighted by molar-refractivity contribution is 6.06. The molecule has 0 saturated heterocycles. The summed E-state index contributed by atoms with van der Waals surface area (Å²) in [5, 5.41) is 11.8. The molecule has 1 amide bonds. The van der Waals surface area contributed by atoms with Gasteiger partial charge < -0.3 is 10.2 Å². The van der Waals surface area contributed by atoms with Crippen LogP contribution in [0, 0.1) is 18.3 Å². The van der Waals surface area contributed by atoms with Crippen LogP contribution in [0.2, 0.25) is 0 Å². The number of carbonyl (C=O) groups is 1. The summed E-state index contributed by atoms with van der Waals surface area (Å²) in [7, 11) is 0. The number of rotatable bonds is 5. The Morgan fingerprint density at radius 1 is 1.32 bits per heavy atom. The number of hydrogen-bond donors (Lipinski definition) is 1. The van der Waals surface area contributed by atoms with Crippen molar-refractivity contribution in [2.45, 2.75) is 20.8 Å². The van der Waals surface area contributed by atoms with Crippen molar-refractivity contribution in [2.75, 3.05) is 18.4 Å². The molecular formula is C15H19N3O. The van der Waals surface area contributed by atoms with Gasteiger partial charge in [-0.25, -0.2) is 0 Å². The van der Waals surface area contributed by atoms with Crippen LogP contribution in [0.3, 0.4) is 0 Å². The van der Waals surface area contributed by atoms with E-state index in [0.29, 0.717) is 5.69 Å². The molecule has 0 aliphatic rings. The van der Waals surface area contributed by atoms with Gasteiger partial charge in [0.25, 0.3) is 5.91 Å². The molecule has 0 heterocycles. The van der Waals surface area contributed by atoms with Crippen molar-refractivity contribution < 1.29 is 4.79 Å². The fraction of sp³-hybridized carbons (Fsp3) is 0.333. The number of nitrogens with one attached hydrogen (secondary N) is 1. The maximum Gasteiger partial charge on any atom is 0.267 e. The first kappa shape index (κ1) is 14.8. The first-order valence-corrected chi connectivity index (χ1v) is 6.34. The summed E-state index contributed by atoms with van der Waals surface area (Å²) in [6.45, 7) is 7.46. The molecule has 1 aromatic carbocycles. The van der Waals surface area contributed by atoms with Gasteiger partial charge in [0.05, 0.1) is 0 Å². The second-order valence-electron chi connectivity index (χ2n) is 4.20. The fourth-order valence-electron chi connectivity index (χ4n) is 1.56. The molecule has 100 valence electrons. The zero-order valence-electron chi connectivity index (χ0n) is 11.6. The summed E-state index contributed by atoms with van der Waals surface area (Å²) in [4.78, 5) is 13.9. The van der Waals surface area contributed by atoms with Gasteiger partial charge in [-0.2, -0.15) is 5.26 Å². The van der Waals surface area contributed by atoms with Crippen LogP contribution in [0.5, 0.6) is 0 Å². The first-order valence-electron chi connectivity index (χ1n) is 6.34. The number of hydrogen-bond acceptors (Lipinski definition) is 3. The number of nitriles is 1. The average molecular weight is 257 g/mol. The van der Waals surface area contributed by atoms with E-state index in [1.807, 2.05) is 56.0 Å². The van der Waals surface area contributed by atoms with Crippen LogP contribution in [0.15, 0.2) is 36.0 Å². The van der Waals surface area contributed by atoms with Crippen LogP contribution in [0.1, 0.15) is 19.4 Å². The van der Waals surface area contributed by atoms with E-state index in [4.69, 9.17) is 5.26 Å². The van der Waals surface area contributed by atoms with Crippen molar-refractivity contribution in [3.63, 3.8) is 0 Å². The van der Waals surface area contributed by atoms with Crippen LogP contribution in [-0.4, -0.2) is 23.9 Å². The van der Waals surface area contributed by atoms with Crippen molar-refractivity contribution in [2.24, 2.45) is 0 Å². The number of amides is 1. The highest BCUT2D eigenvalue weighted by atomic mass is 16.1. The summed E-state index contributed by atoms with van der Waals surface area (Å²) in [5.41, 5.74) is 1.93. The second-order valence-corrected chi connectivity index (χ2v) is 4.20. The van der Waals surface area contributed by atoms with Gasteiger partial charge in [-0.3, -0.25) is 4.79 Å². The summed E-state index contributed by atoms with van der Waals surface area (Å²) in [6.07, 6.45) is 1.60. The lowest BCUT2D eigenvalue weighted by Crippen LogP contribution is -2.20. The third-order valence-electron chi connectivity index (χ3n) is 2.80. The van der Waals surface area contributed by atoms with Crippen LogP contribution >= 0.6 is 0 Å². The molecule has 0 aliphatic heterocycles. The topological polar surface area (TPSA) is 56.1 Å². The van der Waals surface area contributed by atoms with Crippen LogP contribution in [0.4, 0.5) is 5.69 Å². The van der Waals surface area contributed by atoms with E-state index < -0.39 is 0 Å². The Kier molecular flexibility index (Phi) is 5.62. The lowest BCUT2D eigenvalue weighted by atomic mass is 10.2. The van der Waals surface area contributed by atoms with Gasteiger partial charge in [0.15, 0.2) is 0 Å². The lowest BCUT2D eigenvalue weighted by molar-refractivity contribution is -0.112. The third-order valence-corrected chi connectivity index (χ3v) is 2.80. The van der Waals surface area contributed by atoms with E-state index in [1.54, 1.807) is 6.20 Å². The number of aryl methyl sites for hydroxylation is 1. The van der Waals surface area contributed by atoms with Crippen LogP contribution in [-0.2, 0) is 4.79 Å². The van der Waals surface area contributed by atoms with Crippen molar-refractivity contribution in [1.82, 2.24) is 4.90 Å². The largest absolute Gasteiger partial charge is 0.377 e. The molecule has 0 bridgehead atoms. The van der Waals surface area contributed by atoms with Gasteiger partial charge in [-0.1, -0.05) is 17.7 Å². The van der Waals surface area contributed by atoms with Gasteiger partial charge in [-0.05, 0) is 32.9 Å². The number of anilines is 1. The van der Waals surface area contributed by atoms with E-state index >= 15 is 0 Å². The molecule has 19 heavy (non-hydrogen) atoms. The van der Waals surface area contributed by atoms with Gasteiger partial charge >= 0.3 is 0 Å². The van der Waals surface area contributed by atoms with Gasteiger partial charge in [0.1, 0.15) is 11.6 Å². The Labute approximate surface area is 114 Å². The predicted octanol–water partition coefficient (Wildman–Crippen LogP) is 2.68. The highest BCUT2D eigenvalue weighted by Crippen LogP contribution is 2.10. The molecule has 0 saturated carbocycles. The monoisotopic (exact) mass is 257 g/mol. The third kappa shape index (κ3) is 4.47. The SMILES string of the molecule is CCN(/C=C(/C#N)C(=O)Nc1ccc(C)cc1)CC. The molecule has 0 radical (unpaired) electrons. The van der Waals surface area contributed by atoms with Gasteiger partial charge in [-0.15, -0.1) is 0 Å². The van der Waals surface area contributed by atoms with E-state index in [1.165, 1.54) is 0 Å². The Hall–Kier alpha value is -2.28. The fourth-order valence-corrected chi connectivity index (χ4v) is 1.56. The summed E-state index contributed by atoms with van der Waals surface area (Å²) in [5.74, 6) is -0.377. The molecule has 4 nitrogen and oxygen atoms in total. The minimum atomic E-state index is -0.377. The zero-order valence-corrected chi connectivity index (χ0v) is 11.6. The number of benzene rings is 1. The van der Waals surface area contributed by atoms with Crippen molar-refractivity contribution in [3.05, 3.63) is 41.6 Å².